The average molecular weight is 232 g/mol. The molecule has 0 aromatic rings. The maximum Gasteiger partial charge on any atom is 0.305 e. The number of carbonyl (C=O) groups is 2. The lowest BCUT2D eigenvalue weighted by molar-refractivity contribution is -0.142. The van der Waals surface area contributed by atoms with Crippen molar-refractivity contribution in [3.8, 4) is 0 Å². The van der Waals surface area contributed by atoms with Gasteiger partial charge in [-0.15, -0.1) is 0 Å². The third kappa shape index (κ3) is 9.45. The van der Waals surface area contributed by atoms with E-state index in [-0.39, 0.29) is 18.5 Å². The first-order valence-corrected chi connectivity index (χ1v) is 5.44. The van der Waals surface area contributed by atoms with Crippen molar-refractivity contribution >= 4 is 11.9 Å². The van der Waals surface area contributed by atoms with Gasteiger partial charge in [-0.1, -0.05) is 6.42 Å². The monoisotopic (exact) mass is 232 g/mol. The Bertz CT molecular complexity index is 214. The molecule has 94 valence electrons. The van der Waals surface area contributed by atoms with E-state index in [1.54, 1.807) is 0 Å². The van der Waals surface area contributed by atoms with E-state index in [1.165, 1.54) is 14.0 Å². The van der Waals surface area contributed by atoms with Gasteiger partial charge in [0.1, 0.15) is 0 Å². The Hall–Kier alpha value is -1.10. The Kier molecular flexibility index (Phi) is 8.52. The van der Waals surface area contributed by atoms with Gasteiger partial charge in [-0.2, -0.15) is 0 Å². The third-order valence-electron chi connectivity index (χ3n) is 2.15. The van der Waals surface area contributed by atoms with Gasteiger partial charge in [0.05, 0.1) is 19.8 Å². The molecule has 5 nitrogen and oxygen atoms in total. The number of methoxy groups -OCH3 is 1. The molecule has 0 saturated carbocycles. The Morgan fingerprint density at radius 3 is 2.50 bits per heavy atom. The second-order valence-electron chi connectivity index (χ2n) is 3.60. The molecule has 16 heavy (non-hydrogen) atoms. The van der Waals surface area contributed by atoms with E-state index in [0.29, 0.717) is 25.7 Å². The summed E-state index contributed by atoms with van der Waals surface area (Å²) in [5.74, 6) is -0.563. The largest absolute Gasteiger partial charge is 0.469 e. The average Bonchev–Trinajstić information content (AvgIpc) is 2.23. The van der Waals surface area contributed by atoms with Gasteiger partial charge in [-0.3, -0.25) is 9.59 Å². The van der Waals surface area contributed by atoms with Crippen LogP contribution in [0.25, 0.3) is 0 Å². The summed E-state index contributed by atoms with van der Waals surface area (Å²) < 4.78 is 9.19. The molecule has 0 bridgehead atoms. The van der Waals surface area contributed by atoms with Crippen molar-refractivity contribution in [1.29, 1.82) is 0 Å². The van der Waals surface area contributed by atoms with Crippen molar-refractivity contribution in [3.63, 3.8) is 0 Å². The summed E-state index contributed by atoms with van der Waals surface area (Å²) in [6.45, 7) is 1.58. The van der Waals surface area contributed by atoms with Crippen LogP contribution in [0.4, 0.5) is 0 Å². The zero-order chi connectivity index (χ0) is 12.4. The van der Waals surface area contributed by atoms with E-state index in [4.69, 9.17) is 4.74 Å². The van der Waals surface area contributed by atoms with Gasteiger partial charge in [-0.05, 0) is 12.8 Å². The number of carbonyl (C=O) groups excluding carboxylic acids is 2. The predicted octanol–water partition coefficient (Wildman–Crippen LogP) is 1.03. The summed E-state index contributed by atoms with van der Waals surface area (Å²) in [7, 11) is 1.36. The van der Waals surface area contributed by atoms with Crippen LogP contribution in [0.15, 0.2) is 0 Å². The van der Waals surface area contributed by atoms with E-state index in [0.717, 1.165) is 6.42 Å². The molecule has 0 radical (unpaired) electrons. The molecule has 1 N–H and O–H groups in total. The zero-order valence-electron chi connectivity index (χ0n) is 9.90. The van der Waals surface area contributed by atoms with Crippen molar-refractivity contribution in [2.75, 3.05) is 13.7 Å². The number of aliphatic hydroxyl groups is 1. The molecule has 0 amide bonds. The van der Waals surface area contributed by atoms with Gasteiger partial charge in [0, 0.05) is 19.8 Å². The van der Waals surface area contributed by atoms with Crippen LogP contribution in [0, 0.1) is 0 Å². The highest BCUT2D eigenvalue weighted by Gasteiger charge is 2.06. The molecule has 0 aliphatic heterocycles. The van der Waals surface area contributed by atoms with Crippen LogP contribution in [-0.4, -0.2) is 36.9 Å². The molecule has 0 fully saturated rings. The fraction of sp³-hybridized carbons (Fsp3) is 0.818. The molecular weight excluding hydrogens is 212 g/mol. The van der Waals surface area contributed by atoms with Crippen LogP contribution >= 0.6 is 0 Å². The van der Waals surface area contributed by atoms with Crippen LogP contribution < -0.4 is 0 Å². The quantitative estimate of drug-likeness (QED) is 0.500. The molecule has 0 aliphatic rings. The number of ether oxygens (including phenoxy) is 2. The van der Waals surface area contributed by atoms with Crippen molar-refractivity contribution in [3.05, 3.63) is 0 Å². The van der Waals surface area contributed by atoms with Crippen LogP contribution in [0.2, 0.25) is 0 Å². The van der Waals surface area contributed by atoms with Crippen molar-refractivity contribution in [1.82, 2.24) is 0 Å². The van der Waals surface area contributed by atoms with Gasteiger partial charge in [0.2, 0.25) is 0 Å². The van der Waals surface area contributed by atoms with Crippen LogP contribution in [-0.2, 0) is 19.1 Å². The first-order valence-electron chi connectivity index (χ1n) is 5.44. The highest BCUT2D eigenvalue weighted by Crippen LogP contribution is 2.07. The minimum absolute atomic E-state index is 0.227. The lowest BCUT2D eigenvalue weighted by Crippen LogP contribution is -2.12. The second kappa shape index (κ2) is 9.15. The minimum Gasteiger partial charge on any atom is -0.469 e. The van der Waals surface area contributed by atoms with Crippen molar-refractivity contribution < 1.29 is 24.2 Å². The molecule has 1 unspecified atom stereocenters. The topological polar surface area (TPSA) is 72.8 Å². The molecule has 0 rings (SSSR count). The number of hydrogen-bond donors (Lipinski definition) is 1. The SMILES string of the molecule is COC(=O)CCCCC(O)CCOC(C)=O. The van der Waals surface area contributed by atoms with Crippen LogP contribution in [0.5, 0.6) is 0 Å². The summed E-state index contributed by atoms with van der Waals surface area (Å²) >= 11 is 0. The highest BCUT2D eigenvalue weighted by atomic mass is 16.5. The maximum atomic E-state index is 10.8. The Morgan fingerprint density at radius 2 is 1.94 bits per heavy atom. The Balaban J connectivity index is 3.33. The van der Waals surface area contributed by atoms with Crippen molar-refractivity contribution in [2.45, 2.75) is 45.1 Å². The van der Waals surface area contributed by atoms with E-state index >= 15 is 0 Å². The molecule has 0 heterocycles. The lowest BCUT2D eigenvalue weighted by Gasteiger charge is -2.09. The number of rotatable bonds is 8. The Labute approximate surface area is 95.7 Å². The smallest absolute Gasteiger partial charge is 0.305 e. The summed E-state index contributed by atoms with van der Waals surface area (Å²) in [5.41, 5.74) is 0. The summed E-state index contributed by atoms with van der Waals surface area (Å²) in [6.07, 6.45) is 2.42. The van der Waals surface area contributed by atoms with Crippen LogP contribution in [0.1, 0.15) is 39.0 Å². The Morgan fingerprint density at radius 1 is 1.25 bits per heavy atom. The molecule has 0 aliphatic carbocycles. The summed E-state index contributed by atoms with van der Waals surface area (Å²) in [6, 6.07) is 0. The normalized spacial score (nSPS) is 11.9. The lowest BCUT2D eigenvalue weighted by atomic mass is 10.1. The molecule has 0 aromatic heterocycles. The first-order chi connectivity index (χ1) is 7.56. The number of hydrogen-bond acceptors (Lipinski definition) is 5. The first kappa shape index (κ1) is 14.9. The standard InChI is InChI=1S/C11H20O5/c1-9(12)16-8-7-10(13)5-3-4-6-11(14)15-2/h10,13H,3-8H2,1-2H3. The second-order valence-corrected chi connectivity index (χ2v) is 3.60. The molecule has 0 saturated heterocycles. The number of esters is 2. The summed E-state index contributed by atoms with van der Waals surface area (Å²) in [4.78, 5) is 21.2. The molecule has 1 atom stereocenters. The highest BCUT2D eigenvalue weighted by molar-refractivity contribution is 5.68. The predicted molar refractivity (Wildman–Crippen MR) is 57.7 cm³/mol. The molecule has 5 heteroatoms. The molecule has 0 aromatic carbocycles. The van der Waals surface area contributed by atoms with Crippen molar-refractivity contribution in [2.24, 2.45) is 0 Å². The van der Waals surface area contributed by atoms with Crippen LogP contribution in [0.3, 0.4) is 0 Å². The minimum atomic E-state index is -0.475. The summed E-state index contributed by atoms with van der Waals surface area (Å²) in [5, 5.41) is 9.48. The maximum absolute atomic E-state index is 10.8. The number of aliphatic hydroxyl groups excluding tert-OH is 1. The molecule has 0 spiro atoms. The van der Waals surface area contributed by atoms with Gasteiger partial charge in [0.15, 0.2) is 0 Å². The van der Waals surface area contributed by atoms with Gasteiger partial charge >= 0.3 is 11.9 Å². The van der Waals surface area contributed by atoms with E-state index < -0.39 is 6.10 Å². The van der Waals surface area contributed by atoms with Gasteiger partial charge in [0.25, 0.3) is 0 Å². The third-order valence-corrected chi connectivity index (χ3v) is 2.15. The zero-order valence-corrected chi connectivity index (χ0v) is 9.90. The van der Waals surface area contributed by atoms with E-state index in [9.17, 15) is 14.7 Å². The van der Waals surface area contributed by atoms with E-state index in [2.05, 4.69) is 4.74 Å². The fourth-order valence-corrected chi connectivity index (χ4v) is 1.23. The van der Waals surface area contributed by atoms with E-state index in [1.807, 2.05) is 0 Å². The van der Waals surface area contributed by atoms with Gasteiger partial charge < -0.3 is 14.6 Å². The van der Waals surface area contributed by atoms with Gasteiger partial charge in [-0.25, -0.2) is 0 Å². The molecular formula is C11H20O5. The number of unbranched alkanes of at least 4 members (excludes halogenated alkanes) is 1. The fourth-order valence-electron chi connectivity index (χ4n) is 1.23.